The van der Waals surface area contributed by atoms with E-state index < -0.39 is 0 Å². The minimum Gasteiger partial charge on any atom is -0.379 e. The largest absolute Gasteiger partial charge is 0.379 e. The highest BCUT2D eigenvalue weighted by Crippen LogP contribution is 2.16. The van der Waals surface area contributed by atoms with Crippen LogP contribution in [0.1, 0.15) is 66.2 Å². The van der Waals surface area contributed by atoms with Crippen LogP contribution in [0.5, 0.6) is 0 Å². The first-order chi connectivity index (χ1) is 7.10. The van der Waals surface area contributed by atoms with E-state index in [2.05, 4.69) is 26.1 Å². The zero-order valence-corrected chi connectivity index (χ0v) is 10.9. The molecule has 0 saturated carbocycles. The molecule has 0 amide bonds. The van der Waals surface area contributed by atoms with Crippen molar-refractivity contribution in [3.8, 4) is 0 Å². The molecule has 15 heavy (non-hydrogen) atoms. The van der Waals surface area contributed by atoms with Gasteiger partial charge >= 0.3 is 0 Å². The molecular formula is C13H29NO. The summed E-state index contributed by atoms with van der Waals surface area (Å²) in [4.78, 5) is 0. The van der Waals surface area contributed by atoms with Gasteiger partial charge in [0.1, 0.15) is 6.23 Å². The molecule has 0 rings (SSSR count). The van der Waals surface area contributed by atoms with E-state index in [4.69, 9.17) is 0 Å². The summed E-state index contributed by atoms with van der Waals surface area (Å²) in [5, 5.41) is 12.5. The molecule has 0 aromatic rings. The molecule has 0 fully saturated rings. The number of nitrogens with one attached hydrogen (secondary N) is 1. The molecule has 2 heteroatoms. The van der Waals surface area contributed by atoms with Gasteiger partial charge in [-0.3, -0.25) is 5.32 Å². The van der Waals surface area contributed by atoms with E-state index in [1.54, 1.807) is 6.92 Å². The Labute approximate surface area is 95.5 Å². The first kappa shape index (κ1) is 14.9. The van der Waals surface area contributed by atoms with Crippen molar-refractivity contribution in [2.75, 3.05) is 0 Å². The summed E-state index contributed by atoms with van der Waals surface area (Å²) in [5.74, 6) is 0.771. The van der Waals surface area contributed by atoms with Crippen molar-refractivity contribution >= 4 is 0 Å². The Morgan fingerprint density at radius 2 is 1.80 bits per heavy atom. The van der Waals surface area contributed by atoms with Gasteiger partial charge in [0.2, 0.25) is 0 Å². The summed E-state index contributed by atoms with van der Waals surface area (Å²) in [5.41, 5.74) is 0. The molecular weight excluding hydrogens is 186 g/mol. The minimum atomic E-state index is -0.377. The average molecular weight is 215 g/mol. The molecule has 0 aliphatic carbocycles. The van der Waals surface area contributed by atoms with Gasteiger partial charge in [-0.2, -0.15) is 0 Å². The molecule has 2 nitrogen and oxygen atoms in total. The zero-order valence-electron chi connectivity index (χ0n) is 10.9. The van der Waals surface area contributed by atoms with Gasteiger partial charge in [0.05, 0.1) is 0 Å². The summed E-state index contributed by atoms with van der Waals surface area (Å²) in [7, 11) is 0. The predicted octanol–water partition coefficient (Wildman–Crippen LogP) is 3.30. The standard InChI is InChI=1S/C13H29NO/c1-5-7-8-9-11(3)10-13(6-2)14-12(4)15/h11-15H,5-10H2,1-4H3. The van der Waals surface area contributed by atoms with Crippen LogP contribution in [-0.4, -0.2) is 17.4 Å². The van der Waals surface area contributed by atoms with E-state index in [-0.39, 0.29) is 6.23 Å². The van der Waals surface area contributed by atoms with Crippen LogP contribution in [0.4, 0.5) is 0 Å². The van der Waals surface area contributed by atoms with Gasteiger partial charge < -0.3 is 5.11 Å². The van der Waals surface area contributed by atoms with Gasteiger partial charge in [-0.05, 0) is 25.7 Å². The van der Waals surface area contributed by atoms with Crippen LogP contribution in [0.2, 0.25) is 0 Å². The number of unbranched alkanes of at least 4 members (excludes halogenated alkanes) is 2. The molecule has 0 aromatic heterocycles. The molecule has 92 valence electrons. The number of hydrogen-bond acceptors (Lipinski definition) is 2. The lowest BCUT2D eigenvalue weighted by molar-refractivity contribution is 0.132. The predicted molar refractivity (Wildman–Crippen MR) is 66.8 cm³/mol. The maximum Gasteiger partial charge on any atom is 0.102 e. The maximum atomic E-state index is 9.27. The Morgan fingerprint density at radius 3 is 2.27 bits per heavy atom. The van der Waals surface area contributed by atoms with Gasteiger partial charge in [0.25, 0.3) is 0 Å². The second kappa shape index (κ2) is 9.17. The number of rotatable bonds is 9. The molecule has 0 aromatic carbocycles. The van der Waals surface area contributed by atoms with Crippen LogP contribution in [0.15, 0.2) is 0 Å². The lowest BCUT2D eigenvalue weighted by atomic mass is 9.94. The molecule has 0 aliphatic rings. The third kappa shape index (κ3) is 8.88. The topological polar surface area (TPSA) is 32.3 Å². The van der Waals surface area contributed by atoms with E-state index in [9.17, 15) is 5.11 Å². The van der Waals surface area contributed by atoms with Gasteiger partial charge in [-0.1, -0.05) is 46.5 Å². The molecule has 0 bridgehead atoms. The highest BCUT2D eigenvalue weighted by Gasteiger charge is 2.12. The molecule has 3 unspecified atom stereocenters. The van der Waals surface area contributed by atoms with Crippen LogP contribution >= 0.6 is 0 Å². The van der Waals surface area contributed by atoms with Crippen molar-refractivity contribution < 1.29 is 5.11 Å². The molecule has 0 spiro atoms. The van der Waals surface area contributed by atoms with Crippen LogP contribution < -0.4 is 5.32 Å². The van der Waals surface area contributed by atoms with Crippen LogP contribution in [0, 0.1) is 5.92 Å². The normalized spacial score (nSPS) is 17.4. The van der Waals surface area contributed by atoms with E-state index in [1.807, 2.05) is 0 Å². The quantitative estimate of drug-likeness (QED) is 0.457. The number of aliphatic hydroxyl groups excluding tert-OH is 1. The molecule has 0 heterocycles. The first-order valence-corrected chi connectivity index (χ1v) is 6.54. The fourth-order valence-electron chi connectivity index (χ4n) is 2.04. The van der Waals surface area contributed by atoms with E-state index in [0.717, 1.165) is 12.3 Å². The highest BCUT2D eigenvalue weighted by molar-refractivity contribution is 4.69. The van der Waals surface area contributed by atoms with Crippen molar-refractivity contribution in [3.05, 3.63) is 0 Å². The number of hydrogen-bond donors (Lipinski definition) is 2. The Bertz CT molecular complexity index is 136. The molecule has 0 saturated heterocycles. The highest BCUT2D eigenvalue weighted by atomic mass is 16.3. The molecule has 0 radical (unpaired) electrons. The summed E-state index contributed by atoms with van der Waals surface area (Å²) >= 11 is 0. The smallest absolute Gasteiger partial charge is 0.102 e. The fraction of sp³-hybridized carbons (Fsp3) is 1.00. The summed E-state index contributed by atoms with van der Waals surface area (Å²) < 4.78 is 0. The SMILES string of the molecule is CCCCCC(C)CC(CC)NC(C)O. The first-order valence-electron chi connectivity index (χ1n) is 6.54. The second-order valence-electron chi connectivity index (χ2n) is 4.78. The number of aliphatic hydroxyl groups is 1. The zero-order chi connectivity index (χ0) is 11.7. The Hall–Kier alpha value is -0.0800. The van der Waals surface area contributed by atoms with E-state index in [1.165, 1.54) is 32.1 Å². The van der Waals surface area contributed by atoms with Gasteiger partial charge in [-0.25, -0.2) is 0 Å². The lowest BCUT2D eigenvalue weighted by Crippen LogP contribution is -2.36. The van der Waals surface area contributed by atoms with Crippen LogP contribution in [0.25, 0.3) is 0 Å². The Kier molecular flexibility index (Phi) is 9.12. The Balaban J connectivity index is 3.65. The average Bonchev–Trinajstić information content (AvgIpc) is 2.16. The van der Waals surface area contributed by atoms with Gasteiger partial charge in [0.15, 0.2) is 0 Å². The van der Waals surface area contributed by atoms with E-state index in [0.29, 0.717) is 6.04 Å². The summed E-state index contributed by atoms with van der Waals surface area (Å²) in [6, 6.07) is 0.474. The third-order valence-corrected chi connectivity index (χ3v) is 2.96. The summed E-state index contributed by atoms with van der Waals surface area (Å²) in [6.07, 6.45) is 7.24. The lowest BCUT2D eigenvalue weighted by Gasteiger charge is -2.22. The second-order valence-corrected chi connectivity index (χ2v) is 4.78. The van der Waals surface area contributed by atoms with Crippen molar-refractivity contribution in [1.29, 1.82) is 0 Å². The van der Waals surface area contributed by atoms with Crippen molar-refractivity contribution in [2.24, 2.45) is 5.92 Å². The van der Waals surface area contributed by atoms with Gasteiger partial charge in [-0.15, -0.1) is 0 Å². The minimum absolute atomic E-state index is 0.377. The molecule has 0 aliphatic heterocycles. The van der Waals surface area contributed by atoms with Crippen LogP contribution in [0.3, 0.4) is 0 Å². The van der Waals surface area contributed by atoms with Gasteiger partial charge in [0, 0.05) is 6.04 Å². The monoisotopic (exact) mass is 215 g/mol. The Morgan fingerprint density at radius 1 is 1.13 bits per heavy atom. The molecule has 2 N–H and O–H groups in total. The molecule has 3 atom stereocenters. The summed E-state index contributed by atoms with van der Waals surface area (Å²) in [6.45, 7) is 8.54. The van der Waals surface area contributed by atoms with Crippen LogP contribution in [-0.2, 0) is 0 Å². The fourth-order valence-corrected chi connectivity index (χ4v) is 2.04. The third-order valence-electron chi connectivity index (χ3n) is 2.96. The van der Waals surface area contributed by atoms with Crippen molar-refractivity contribution in [3.63, 3.8) is 0 Å². The van der Waals surface area contributed by atoms with Crippen molar-refractivity contribution in [1.82, 2.24) is 5.32 Å². The van der Waals surface area contributed by atoms with Crippen molar-refractivity contribution in [2.45, 2.75) is 78.5 Å². The maximum absolute atomic E-state index is 9.27. The van der Waals surface area contributed by atoms with E-state index >= 15 is 0 Å².